The first-order valence-corrected chi connectivity index (χ1v) is 17.3. The molecule has 0 N–H and O–H groups in total. The van der Waals surface area contributed by atoms with E-state index < -0.39 is 0 Å². The molecule has 11 nitrogen and oxygen atoms in total. The molecule has 1 fully saturated rings. The van der Waals surface area contributed by atoms with E-state index in [-0.39, 0.29) is 23.5 Å². The average molecular weight is 695 g/mol. The molecule has 51 heavy (non-hydrogen) atoms. The lowest BCUT2D eigenvalue weighted by Crippen LogP contribution is -2.38. The Morgan fingerprint density at radius 3 is 2.25 bits per heavy atom. The Morgan fingerprint density at radius 1 is 0.922 bits per heavy atom. The number of likely N-dealkylation sites (tertiary alicyclic amines) is 1. The molecule has 1 aliphatic rings. The van der Waals surface area contributed by atoms with E-state index in [4.69, 9.17) is 28.3 Å². The van der Waals surface area contributed by atoms with Crippen molar-refractivity contribution < 1.29 is 33.0 Å². The number of amides is 1. The van der Waals surface area contributed by atoms with Gasteiger partial charge in [0.1, 0.15) is 5.75 Å². The minimum atomic E-state index is -0.147. The molecule has 0 saturated carbocycles. The Balaban J connectivity index is 1.12. The first-order chi connectivity index (χ1) is 24.8. The monoisotopic (exact) mass is 694 g/mol. The molecule has 0 radical (unpaired) electrons. The molecule has 0 bridgehead atoms. The summed E-state index contributed by atoms with van der Waals surface area (Å²) in [5.74, 6) is 2.50. The van der Waals surface area contributed by atoms with Crippen LogP contribution in [0.3, 0.4) is 0 Å². The molecule has 3 aromatic carbocycles. The number of Topliss-reactive ketones (excluding diaryl/α,β-unsaturated/α-hetero) is 1. The fourth-order valence-corrected chi connectivity index (χ4v) is 7.01. The van der Waals surface area contributed by atoms with Gasteiger partial charge in [-0.25, -0.2) is 4.98 Å². The summed E-state index contributed by atoms with van der Waals surface area (Å²) in [4.78, 5) is 36.7. The normalized spacial score (nSPS) is 14.3. The van der Waals surface area contributed by atoms with Crippen LogP contribution in [-0.4, -0.2) is 92.7 Å². The summed E-state index contributed by atoms with van der Waals surface area (Å²) < 4.78 is 29.2. The summed E-state index contributed by atoms with van der Waals surface area (Å²) in [6.45, 7) is 3.49. The summed E-state index contributed by atoms with van der Waals surface area (Å²) in [7, 11) is 8.08. The maximum absolute atomic E-state index is 14.0. The lowest BCUT2D eigenvalue weighted by Gasteiger charge is -2.33. The largest absolute Gasteiger partial charge is 0.497 e. The molecular weight excluding hydrogens is 648 g/mol. The van der Waals surface area contributed by atoms with Crippen molar-refractivity contribution in [3.63, 3.8) is 0 Å². The Morgan fingerprint density at radius 2 is 1.63 bits per heavy atom. The van der Waals surface area contributed by atoms with Crippen LogP contribution in [0.1, 0.15) is 57.3 Å². The van der Waals surface area contributed by atoms with Gasteiger partial charge >= 0.3 is 0 Å². The summed E-state index contributed by atoms with van der Waals surface area (Å²) in [5, 5.41) is 0. The molecule has 3 heterocycles. The van der Waals surface area contributed by atoms with Crippen LogP contribution in [-0.2, 0) is 6.54 Å². The number of nitrogens with zero attached hydrogens (tertiary/aromatic N) is 4. The fraction of sp³-hybridized carbons (Fsp3) is 0.375. The van der Waals surface area contributed by atoms with Gasteiger partial charge in [0.25, 0.3) is 5.91 Å². The Kier molecular flexibility index (Phi) is 11.3. The number of fused-ring (bicyclic) bond motifs is 1. The zero-order valence-corrected chi connectivity index (χ0v) is 30.0. The fourth-order valence-electron chi connectivity index (χ4n) is 7.01. The lowest BCUT2D eigenvalue weighted by atomic mass is 9.90. The van der Waals surface area contributed by atoms with Gasteiger partial charge in [0.15, 0.2) is 17.3 Å². The number of ether oxygens (including phenoxy) is 4. The van der Waals surface area contributed by atoms with Gasteiger partial charge in [-0.1, -0.05) is 24.3 Å². The van der Waals surface area contributed by atoms with E-state index in [0.717, 1.165) is 66.8 Å². The topological polar surface area (TPSA) is 109 Å². The highest BCUT2D eigenvalue weighted by atomic mass is 16.5. The molecule has 1 amide bonds. The predicted molar refractivity (Wildman–Crippen MR) is 194 cm³/mol. The number of para-hydroxylation sites is 2. The van der Waals surface area contributed by atoms with Gasteiger partial charge in [-0.2, -0.15) is 0 Å². The van der Waals surface area contributed by atoms with Crippen LogP contribution in [0.2, 0.25) is 0 Å². The van der Waals surface area contributed by atoms with Crippen LogP contribution in [0.5, 0.6) is 23.0 Å². The number of hydrogen-bond acceptors (Lipinski definition) is 9. The third-order valence-electron chi connectivity index (χ3n) is 9.89. The zero-order valence-electron chi connectivity index (χ0n) is 30.0. The third-order valence-corrected chi connectivity index (χ3v) is 9.89. The van der Waals surface area contributed by atoms with E-state index in [2.05, 4.69) is 17.0 Å². The van der Waals surface area contributed by atoms with Crippen LogP contribution in [0, 0.1) is 5.92 Å². The molecule has 1 unspecified atom stereocenters. The van der Waals surface area contributed by atoms with Gasteiger partial charge in [-0.05, 0) is 86.9 Å². The molecular formula is C40H46N4O7. The second-order valence-electron chi connectivity index (χ2n) is 13.0. The van der Waals surface area contributed by atoms with E-state index in [9.17, 15) is 9.59 Å². The number of carbonyl (C=O) groups excluding carboxylic acids is 2. The average Bonchev–Trinajstić information content (AvgIpc) is 3.83. The number of imidazole rings is 1. The van der Waals surface area contributed by atoms with Crippen LogP contribution < -0.4 is 18.9 Å². The number of piperidine rings is 1. The molecule has 2 aromatic heterocycles. The van der Waals surface area contributed by atoms with E-state index in [1.165, 1.54) is 21.3 Å². The Labute approximate surface area is 298 Å². The number of hydrogen-bond donors (Lipinski definition) is 0. The van der Waals surface area contributed by atoms with Crippen molar-refractivity contribution in [1.82, 2.24) is 19.4 Å². The van der Waals surface area contributed by atoms with Crippen molar-refractivity contribution in [2.24, 2.45) is 5.92 Å². The van der Waals surface area contributed by atoms with E-state index >= 15 is 0 Å². The molecule has 11 heteroatoms. The third kappa shape index (κ3) is 7.88. The number of likely N-dealkylation sites (N-methyl/N-ethyl adjacent to an activating group) is 1. The summed E-state index contributed by atoms with van der Waals surface area (Å²) in [6, 6.07) is 21.2. The first kappa shape index (κ1) is 35.5. The van der Waals surface area contributed by atoms with Gasteiger partial charge in [-0.3, -0.25) is 9.59 Å². The molecule has 0 spiro atoms. The minimum absolute atomic E-state index is 0.0640. The zero-order chi connectivity index (χ0) is 35.9. The van der Waals surface area contributed by atoms with E-state index in [1.54, 1.807) is 36.7 Å². The quantitative estimate of drug-likeness (QED) is 0.113. The number of aromatic nitrogens is 2. The molecule has 268 valence electrons. The Hall–Kier alpha value is -5.29. The lowest BCUT2D eigenvalue weighted by molar-refractivity contribution is 0.0778. The van der Waals surface area contributed by atoms with Crippen LogP contribution in [0.4, 0.5) is 0 Å². The Bertz CT molecular complexity index is 1900. The van der Waals surface area contributed by atoms with Crippen LogP contribution >= 0.6 is 0 Å². The molecule has 0 aliphatic carbocycles. The second kappa shape index (κ2) is 16.2. The summed E-state index contributed by atoms with van der Waals surface area (Å²) in [6.07, 6.45) is 5.72. The smallest absolute Gasteiger partial charge is 0.253 e. The van der Waals surface area contributed by atoms with Gasteiger partial charge in [0, 0.05) is 36.6 Å². The predicted octanol–water partition coefficient (Wildman–Crippen LogP) is 6.55. The summed E-state index contributed by atoms with van der Waals surface area (Å²) in [5.41, 5.74) is 4.33. The minimum Gasteiger partial charge on any atom is -0.497 e. The van der Waals surface area contributed by atoms with Crippen molar-refractivity contribution in [3.8, 4) is 23.0 Å². The number of rotatable bonds is 15. The summed E-state index contributed by atoms with van der Waals surface area (Å²) >= 11 is 0. The number of carbonyl (C=O) groups is 2. The van der Waals surface area contributed by atoms with Gasteiger partial charge < -0.3 is 37.7 Å². The standard InChI is InChI=1S/C40H46N4O7/c1-42(40(46)31-22-35(48-3)38(50-5)36(23-31)49-4)25-30(28-10-12-32(47-2)13-11-28)16-20-43-18-14-29(15-19-43)37(45)39-41-33-8-6-7-9-34(33)44(39)24-27-17-21-51-26-27/h6-13,17,21-23,26,29-30H,14-16,18-20,24-25H2,1-5H3. The van der Waals surface area contributed by atoms with Crippen LogP contribution in [0.15, 0.2) is 83.7 Å². The maximum atomic E-state index is 14.0. The highest BCUT2D eigenvalue weighted by molar-refractivity contribution is 5.98. The van der Waals surface area contributed by atoms with E-state index in [1.807, 2.05) is 54.1 Å². The highest BCUT2D eigenvalue weighted by Gasteiger charge is 2.30. The maximum Gasteiger partial charge on any atom is 0.253 e. The second-order valence-corrected chi connectivity index (χ2v) is 13.0. The molecule has 5 aromatic rings. The molecule has 1 atom stereocenters. The van der Waals surface area contributed by atoms with E-state index in [0.29, 0.717) is 41.7 Å². The van der Waals surface area contributed by atoms with Crippen molar-refractivity contribution in [2.45, 2.75) is 31.7 Å². The van der Waals surface area contributed by atoms with Crippen molar-refractivity contribution in [2.75, 3.05) is 61.7 Å². The van der Waals surface area contributed by atoms with Crippen molar-refractivity contribution >= 4 is 22.7 Å². The highest BCUT2D eigenvalue weighted by Crippen LogP contribution is 2.38. The first-order valence-electron chi connectivity index (χ1n) is 17.3. The number of furan rings is 1. The van der Waals surface area contributed by atoms with Gasteiger partial charge in [0.05, 0.1) is 58.5 Å². The van der Waals surface area contributed by atoms with Crippen LogP contribution in [0.25, 0.3) is 11.0 Å². The number of ketones is 1. The van der Waals surface area contributed by atoms with Crippen molar-refractivity contribution in [3.05, 3.63) is 102 Å². The molecule has 6 rings (SSSR count). The van der Waals surface area contributed by atoms with Gasteiger partial charge in [-0.15, -0.1) is 0 Å². The molecule has 1 saturated heterocycles. The number of benzene rings is 3. The van der Waals surface area contributed by atoms with Gasteiger partial charge in [0.2, 0.25) is 11.5 Å². The SMILES string of the molecule is COc1ccc(C(CCN2CCC(C(=O)c3nc4ccccc4n3Cc3ccoc3)CC2)CN(C)C(=O)c2cc(OC)c(OC)c(OC)c2)cc1. The van der Waals surface area contributed by atoms with Crippen molar-refractivity contribution in [1.29, 1.82) is 0 Å². The molecule has 1 aliphatic heterocycles. The number of methoxy groups -OCH3 is 4.